The third-order valence-electron chi connectivity index (χ3n) is 6.37. The van der Waals surface area contributed by atoms with Crippen molar-refractivity contribution in [3.05, 3.63) is 100 Å². The fraction of sp³-hybridized carbons (Fsp3) is 0.241. The number of thiazole rings is 1. The predicted molar refractivity (Wildman–Crippen MR) is 178 cm³/mol. The first-order valence-electron chi connectivity index (χ1n) is 13.0. The summed E-state index contributed by atoms with van der Waals surface area (Å²) < 4.78 is 49.7. The van der Waals surface area contributed by atoms with E-state index in [0.717, 1.165) is 35.0 Å². The van der Waals surface area contributed by atoms with Gasteiger partial charge in [-0.3, -0.25) is 10.0 Å². The van der Waals surface area contributed by atoms with Gasteiger partial charge in [0.25, 0.3) is 0 Å². The van der Waals surface area contributed by atoms with E-state index in [2.05, 4.69) is 15.0 Å². The Bertz CT molecular complexity index is 1680. The molecular weight excluding hydrogens is 651 g/mol. The molecule has 0 saturated heterocycles. The highest BCUT2D eigenvalue weighted by molar-refractivity contribution is 7.92. The Balaban J connectivity index is 0.00000506. The molecule has 0 aliphatic rings. The predicted octanol–water partition coefficient (Wildman–Crippen LogP) is 6.36. The molecule has 0 atom stereocenters. The van der Waals surface area contributed by atoms with Crippen molar-refractivity contribution in [1.82, 2.24) is 9.88 Å². The first-order chi connectivity index (χ1) is 19.9. The van der Waals surface area contributed by atoms with Gasteiger partial charge < -0.3 is 4.90 Å². The minimum atomic E-state index is -3.42. The van der Waals surface area contributed by atoms with E-state index >= 15 is 0 Å². The van der Waals surface area contributed by atoms with Gasteiger partial charge in [-0.25, -0.2) is 26.6 Å². The van der Waals surface area contributed by atoms with E-state index in [9.17, 15) is 21.6 Å². The fourth-order valence-corrected chi connectivity index (χ4v) is 6.58. The first kappa shape index (κ1) is 34.3. The van der Waals surface area contributed by atoms with Gasteiger partial charge in [0.15, 0.2) is 5.13 Å². The molecule has 1 heterocycles. The normalized spacial score (nSPS) is 11.5. The SMILES string of the molecule is CS(=O)(=O)CCN(CCC(c1ccccc1)c1ccccc1)C(=O)Nc1nc(-c2ccc(NS(C)(=O)=O)cc2)c(Cl)s1.Cl. The Morgan fingerprint density at radius 3 is 1.95 bits per heavy atom. The number of urea groups is 1. The Morgan fingerprint density at radius 1 is 0.884 bits per heavy atom. The van der Waals surface area contributed by atoms with E-state index in [1.54, 1.807) is 24.3 Å². The highest BCUT2D eigenvalue weighted by Gasteiger charge is 2.22. The van der Waals surface area contributed by atoms with Gasteiger partial charge in [-0.05, 0) is 29.7 Å². The summed E-state index contributed by atoms with van der Waals surface area (Å²) in [4.78, 5) is 19.4. The monoisotopic (exact) mass is 682 g/mol. The molecule has 0 spiro atoms. The van der Waals surface area contributed by atoms with Gasteiger partial charge in [-0.1, -0.05) is 95.7 Å². The Morgan fingerprint density at radius 2 is 1.44 bits per heavy atom. The minimum Gasteiger partial charge on any atom is -0.323 e. The molecule has 0 aliphatic carbocycles. The molecule has 2 N–H and O–H groups in total. The fourth-order valence-electron chi connectivity index (χ4n) is 4.39. The molecule has 4 aromatic rings. The van der Waals surface area contributed by atoms with E-state index in [1.807, 2.05) is 60.7 Å². The van der Waals surface area contributed by atoms with Crippen molar-refractivity contribution >= 4 is 72.1 Å². The maximum absolute atomic E-state index is 13.4. The van der Waals surface area contributed by atoms with Crippen molar-refractivity contribution in [2.75, 3.05) is 41.4 Å². The molecule has 0 radical (unpaired) electrons. The van der Waals surface area contributed by atoms with Gasteiger partial charge in [0.05, 0.1) is 12.0 Å². The quantitative estimate of drug-likeness (QED) is 0.179. The molecule has 4 rings (SSSR count). The van der Waals surface area contributed by atoms with Crippen LogP contribution in [-0.2, 0) is 19.9 Å². The summed E-state index contributed by atoms with van der Waals surface area (Å²) in [5, 5.41) is 3.03. The number of anilines is 2. The van der Waals surface area contributed by atoms with E-state index in [-0.39, 0.29) is 35.8 Å². The number of benzene rings is 3. The van der Waals surface area contributed by atoms with Crippen LogP contribution >= 0.6 is 35.3 Å². The number of rotatable bonds is 12. The molecule has 14 heteroatoms. The average Bonchev–Trinajstić information content (AvgIpc) is 3.30. The zero-order chi connectivity index (χ0) is 30.3. The molecule has 230 valence electrons. The highest BCUT2D eigenvalue weighted by atomic mass is 35.5. The minimum absolute atomic E-state index is 0. The van der Waals surface area contributed by atoms with Crippen LogP contribution < -0.4 is 10.0 Å². The summed E-state index contributed by atoms with van der Waals surface area (Å²) in [5.41, 5.74) is 3.66. The van der Waals surface area contributed by atoms with Crippen molar-refractivity contribution in [3.63, 3.8) is 0 Å². The molecule has 43 heavy (non-hydrogen) atoms. The molecule has 2 amide bonds. The molecule has 3 aromatic carbocycles. The number of carbonyl (C=O) groups excluding carboxylic acids is 1. The standard InChI is InChI=1S/C29H31ClN4O5S3.ClH/c1-41(36,37)20-19-34(18-17-25(21-9-5-3-6-10-21)22-11-7-4-8-12-22)29(35)32-28-31-26(27(30)40-28)23-13-15-24(16-14-23)33-42(2,38)39;/h3-16,25,33H,17-20H2,1-2H3,(H,31,32,35);1H. The number of sulfonamides is 1. The average molecular weight is 684 g/mol. The topological polar surface area (TPSA) is 126 Å². The Hall–Kier alpha value is -3.16. The lowest BCUT2D eigenvalue weighted by atomic mass is 9.88. The van der Waals surface area contributed by atoms with Crippen LogP contribution in [0.2, 0.25) is 4.34 Å². The molecule has 0 saturated carbocycles. The summed E-state index contributed by atoms with van der Waals surface area (Å²) in [7, 11) is -6.74. The lowest BCUT2D eigenvalue weighted by Crippen LogP contribution is -2.39. The zero-order valence-corrected chi connectivity index (χ0v) is 27.5. The van der Waals surface area contributed by atoms with Crippen molar-refractivity contribution in [1.29, 1.82) is 0 Å². The van der Waals surface area contributed by atoms with Crippen LogP contribution in [0, 0.1) is 0 Å². The maximum atomic E-state index is 13.4. The lowest BCUT2D eigenvalue weighted by molar-refractivity contribution is 0.213. The van der Waals surface area contributed by atoms with Gasteiger partial charge in [-0.15, -0.1) is 12.4 Å². The summed E-state index contributed by atoms with van der Waals surface area (Å²) in [6.45, 7) is 0.318. The number of amides is 2. The summed E-state index contributed by atoms with van der Waals surface area (Å²) in [5.74, 6) is -0.179. The van der Waals surface area contributed by atoms with Crippen LogP contribution in [0.3, 0.4) is 0 Å². The number of sulfone groups is 1. The summed E-state index contributed by atoms with van der Waals surface area (Å²) in [6, 6.07) is 26.0. The number of hydrogen-bond donors (Lipinski definition) is 2. The second-order valence-electron chi connectivity index (χ2n) is 9.80. The molecule has 1 aromatic heterocycles. The van der Waals surface area contributed by atoms with E-state index in [4.69, 9.17) is 11.6 Å². The largest absolute Gasteiger partial charge is 0.323 e. The van der Waals surface area contributed by atoms with Crippen LogP contribution in [0.4, 0.5) is 15.6 Å². The van der Waals surface area contributed by atoms with Crippen molar-refractivity contribution in [3.8, 4) is 11.3 Å². The molecule has 0 fully saturated rings. The van der Waals surface area contributed by atoms with Gasteiger partial charge in [0.1, 0.15) is 19.9 Å². The van der Waals surface area contributed by atoms with Crippen LogP contribution in [0.1, 0.15) is 23.5 Å². The number of nitrogens with zero attached hydrogens (tertiary/aromatic N) is 2. The molecular formula is C29H32Cl2N4O5S3. The highest BCUT2D eigenvalue weighted by Crippen LogP contribution is 2.36. The Kier molecular flexibility index (Phi) is 12.0. The third-order valence-corrected chi connectivity index (χ3v) is 9.07. The van der Waals surface area contributed by atoms with Gasteiger partial charge >= 0.3 is 6.03 Å². The molecule has 0 aliphatic heterocycles. The van der Waals surface area contributed by atoms with Crippen molar-refractivity contribution in [2.24, 2.45) is 0 Å². The van der Waals surface area contributed by atoms with Crippen LogP contribution in [-0.4, -0.2) is 64.1 Å². The maximum Gasteiger partial charge on any atom is 0.323 e. The number of halogens is 2. The van der Waals surface area contributed by atoms with Crippen LogP contribution in [0.25, 0.3) is 11.3 Å². The van der Waals surface area contributed by atoms with Crippen molar-refractivity contribution < 1.29 is 21.6 Å². The Labute approximate surface area is 267 Å². The first-order valence-corrected chi connectivity index (χ1v) is 18.1. The molecule has 9 nitrogen and oxygen atoms in total. The number of aromatic nitrogens is 1. The van der Waals surface area contributed by atoms with Crippen LogP contribution in [0.15, 0.2) is 84.9 Å². The van der Waals surface area contributed by atoms with Gasteiger partial charge in [-0.2, -0.15) is 0 Å². The number of nitrogens with one attached hydrogen (secondary N) is 2. The van der Waals surface area contributed by atoms with Gasteiger partial charge in [0, 0.05) is 36.5 Å². The van der Waals surface area contributed by atoms with E-state index < -0.39 is 25.9 Å². The van der Waals surface area contributed by atoms with Crippen LogP contribution in [0.5, 0.6) is 0 Å². The second kappa shape index (κ2) is 15.0. The third kappa shape index (κ3) is 10.5. The van der Waals surface area contributed by atoms with Crippen molar-refractivity contribution in [2.45, 2.75) is 12.3 Å². The smallest absolute Gasteiger partial charge is 0.323 e. The summed E-state index contributed by atoms with van der Waals surface area (Å²) >= 11 is 7.53. The number of carbonyl (C=O) groups is 1. The molecule has 0 unspecified atom stereocenters. The molecule has 0 bridgehead atoms. The second-order valence-corrected chi connectivity index (χ2v) is 15.4. The summed E-state index contributed by atoms with van der Waals surface area (Å²) in [6.07, 6.45) is 2.78. The number of hydrogen-bond acceptors (Lipinski definition) is 7. The van der Waals surface area contributed by atoms with Gasteiger partial charge in [0.2, 0.25) is 10.0 Å². The van der Waals surface area contributed by atoms with E-state index in [1.165, 1.54) is 4.90 Å². The zero-order valence-electron chi connectivity index (χ0n) is 23.4. The van der Waals surface area contributed by atoms with E-state index in [0.29, 0.717) is 34.2 Å². The lowest BCUT2D eigenvalue weighted by Gasteiger charge is -2.26.